The predicted octanol–water partition coefficient (Wildman–Crippen LogP) is 2.20. The average Bonchev–Trinajstić information content (AvgIpc) is 2.64. The first-order valence-corrected chi connectivity index (χ1v) is 10.2. The molecule has 2 aliphatic rings. The van der Waals surface area contributed by atoms with Crippen molar-refractivity contribution >= 4 is 23.4 Å². The Morgan fingerprint density at radius 3 is 2.12 bits per heavy atom. The van der Waals surface area contributed by atoms with Gasteiger partial charge >= 0.3 is 6.03 Å². The van der Waals surface area contributed by atoms with Gasteiger partial charge < -0.3 is 15.5 Å². The van der Waals surface area contributed by atoms with Gasteiger partial charge in [-0.15, -0.1) is 0 Å². The topological polar surface area (TPSA) is 62.6 Å². The van der Waals surface area contributed by atoms with Crippen molar-refractivity contribution in [3.63, 3.8) is 0 Å². The van der Waals surface area contributed by atoms with Crippen molar-refractivity contribution in [2.45, 2.75) is 57.0 Å². The lowest BCUT2D eigenvalue weighted by Gasteiger charge is -2.30. The SMILES string of the molecule is O=C(NC1CCCCC1)NC1CC[NH+](CC(=O)c2ccc(Cl)cc2)CC1. The van der Waals surface area contributed by atoms with E-state index in [1.165, 1.54) is 24.2 Å². The summed E-state index contributed by atoms with van der Waals surface area (Å²) in [7, 11) is 0. The zero-order valence-corrected chi connectivity index (χ0v) is 16.0. The minimum Gasteiger partial charge on any atom is -0.335 e. The maximum absolute atomic E-state index is 12.4. The lowest BCUT2D eigenvalue weighted by molar-refractivity contribution is -0.896. The summed E-state index contributed by atoms with van der Waals surface area (Å²) in [6, 6.07) is 7.61. The number of quaternary nitrogens is 1. The third kappa shape index (κ3) is 5.71. The van der Waals surface area contributed by atoms with Crippen LogP contribution in [0.1, 0.15) is 55.3 Å². The number of ketones is 1. The third-order valence-corrected chi connectivity index (χ3v) is 5.80. The quantitative estimate of drug-likeness (QED) is 0.688. The van der Waals surface area contributed by atoms with Crippen LogP contribution in [0.5, 0.6) is 0 Å². The molecule has 1 saturated heterocycles. The van der Waals surface area contributed by atoms with Gasteiger partial charge in [-0.1, -0.05) is 30.9 Å². The molecule has 0 atom stereocenters. The van der Waals surface area contributed by atoms with Crippen LogP contribution in [0.15, 0.2) is 24.3 Å². The summed E-state index contributed by atoms with van der Waals surface area (Å²) in [5, 5.41) is 6.87. The molecule has 0 bridgehead atoms. The minimum atomic E-state index is -0.0254. The van der Waals surface area contributed by atoms with Crippen LogP contribution in [0.3, 0.4) is 0 Å². The molecule has 1 aliphatic carbocycles. The Hall–Kier alpha value is -1.59. The lowest BCUT2D eigenvalue weighted by Crippen LogP contribution is -3.14. The zero-order valence-electron chi connectivity index (χ0n) is 15.2. The second-order valence-corrected chi connectivity index (χ2v) is 8.02. The van der Waals surface area contributed by atoms with Crippen LogP contribution in [0.2, 0.25) is 5.02 Å². The van der Waals surface area contributed by atoms with Gasteiger partial charge in [0.2, 0.25) is 5.78 Å². The minimum absolute atomic E-state index is 0.0254. The largest absolute Gasteiger partial charge is 0.335 e. The Morgan fingerprint density at radius 1 is 0.923 bits per heavy atom. The molecular weight excluding hydrogens is 350 g/mol. The van der Waals surface area contributed by atoms with E-state index < -0.39 is 0 Å². The Bertz CT molecular complexity index is 606. The molecule has 2 fully saturated rings. The number of hydrogen-bond donors (Lipinski definition) is 3. The van der Waals surface area contributed by atoms with Crippen molar-refractivity contribution in [3.8, 4) is 0 Å². The molecule has 0 spiro atoms. The van der Waals surface area contributed by atoms with E-state index in [-0.39, 0.29) is 17.9 Å². The van der Waals surface area contributed by atoms with Crippen LogP contribution in [-0.4, -0.2) is 43.5 Å². The standard InChI is InChI=1S/C20H28ClN3O2/c21-16-8-6-15(7-9-16)19(25)14-24-12-10-18(11-13-24)23-20(26)22-17-4-2-1-3-5-17/h6-9,17-18H,1-5,10-14H2,(H2,22,23,26)/p+1. The molecule has 0 radical (unpaired) electrons. The van der Waals surface area contributed by atoms with E-state index in [1.807, 2.05) is 0 Å². The predicted molar refractivity (Wildman–Crippen MR) is 103 cm³/mol. The van der Waals surface area contributed by atoms with Crippen molar-refractivity contribution < 1.29 is 14.5 Å². The van der Waals surface area contributed by atoms with Crippen molar-refractivity contribution in [1.29, 1.82) is 0 Å². The summed E-state index contributed by atoms with van der Waals surface area (Å²) in [6.07, 6.45) is 7.76. The number of halogens is 1. The van der Waals surface area contributed by atoms with Gasteiger partial charge in [-0.25, -0.2) is 4.79 Å². The van der Waals surface area contributed by atoms with E-state index in [4.69, 9.17) is 11.6 Å². The number of Topliss-reactive ketones (excluding diaryl/α,β-unsaturated/α-hetero) is 1. The Labute approximate surface area is 160 Å². The second-order valence-electron chi connectivity index (χ2n) is 7.58. The molecule has 0 aromatic heterocycles. The maximum atomic E-state index is 12.4. The zero-order chi connectivity index (χ0) is 18.4. The fourth-order valence-corrected chi connectivity index (χ4v) is 4.10. The first-order valence-electron chi connectivity index (χ1n) is 9.79. The first-order chi connectivity index (χ1) is 12.6. The smallest absolute Gasteiger partial charge is 0.315 e. The molecule has 6 heteroatoms. The van der Waals surface area contributed by atoms with Crippen molar-refractivity contribution in [2.75, 3.05) is 19.6 Å². The van der Waals surface area contributed by atoms with Crippen LogP contribution >= 0.6 is 11.6 Å². The maximum Gasteiger partial charge on any atom is 0.315 e. The van der Waals surface area contributed by atoms with Crippen molar-refractivity contribution in [2.24, 2.45) is 0 Å². The Morgan fingerprint density at radius 2 is 1.50 bits per heavy atom. The van der Waals surface area contributed by atoms with Gasteiger partial charge in [-0.2, -0.15) is 0 Å². The highest BCUT2D eigenvalue weighted by Gasteiger charge is 2.26. The van der Waals surface area contributed by atoms with Crippen LogP contribution in [0.4, 0.5) is 4.79 Å². The van der Waals surface area contributed by atoms with Gasteiger partial charge in [0.1, 0.15) is 6.54 Å². The lowest BCUT2D eigenvalue weighted by atomic mass is 9.96. The normalized spacial score (nSPS) is 24.0. The van der Waals surface area contributed by atoms with Crippen LogP contribution < -0.4 is 15.5 Å². The molecule has 3 rings (SSSR count). The number of urea groups is 1. The van der Waals surface area contributed by atoms with Gasteiger partial charge in [0.05, 0.1) is 13.1 Å². The van der Waals surface area contributed by atoms with E-state index in [9.17, 15) is 9.59 Å². The van der Waals surface area contributed by atoms with Gasteiger partial charge in [0.25, 0.3) is 0 Å². The molecule has 5 nitrogen and oxygen atoms in total. The fraction of sp³-hybridized carbons (Fsp3) is 0.600. The Balaban J connectivity index is 1.37. The highest BCUT2D eigenvalue weighted by molar-refractivity contribution is 6.30. The molecule has 1 aromatic carbocycles. The van der Waals surface area contributed by atoms with E-state index in [0.717, 1.165) is 38.8 Å². The molecule has 142 valence electrons. The number of hydrogen-bond acceptors (Lipinski definition) is 2. The van der Waals surface area contributed by atoms with Crippen molar-refractivity contribution in [3.05, 3.63) is 34.9 Å². The van der Waals surface area contributed by atoms with Crippen LogP contribution in [-0.2, 0) is 0 Å². The highest BCUT2D eigenvalue weighted by Crippen LogP contribution is 2.17. The molecule has 0 unspecified atom stereocenters. The number of piperidine rings is 1. The summed E-state index contributed by atoms with van der Waals surface area (Å²) >= 11 is 5.87. The second kappa shape index (κ2) is 9.38. The van der Waals surface area contributed by atoms with E-state index in [1.54, 1.807) is 24.3 Å². The molecule has 1 saturated carbocycles. The van der Waals surface area contributed by atoms with Crippen molar-refractivity contribution in [1.82, 2.24) is 10.6 Å². The molecule has 3 N–H and O–H groups in total. The molecule has 2 amide bonds. The van der Waals surface area contributed by atoms with E-state index in [2.05, 4.69) is 10.6 Å². The number of amides is 2. The summed E-state index contributed by atoms with van der Waals surface area (Å²) in [5.41, 5.74) is 0.717. The monoisotopic (exact) mass is 378 g/mol. The number of carbonyl (C=O) groups is 2. The summed E-state index contributed by atoms with van der Waals surface area (Å²) < 4.78 is 0. The number of benzene rings is 1. The molecule has 26 heavy (non-hydrogen) atoms. The van der Waals surface area contributed by atoms with Crippen LogP contribution in [0, 0.1) is 0 Å². The molecule has 1 heterocycles. The average molecular weight is 379 g/mol. The Kier molecular flexibility index (Phi) is 6.92. The molecular formula is C20H29ClN3O2+. The number of carbonyl (C=O) groups excluding carboxylic acids is 2. The molecule has 1 aliphatic heterocycles. The van der Waals surface area contributed by atoms with E-state index >= 15 is 0 Å². The van der Waals surface area contributed by atoms with Crippen LogP contribution in [0.25, 0.3) is 0 Å². The van der Waals surface area contributed by atoms with Gasteiger partial charge in [-0.05, 0) is 37.1 Å². The molecule has 1 aromatic rings. The van der Waals surface area contributed by atoms with Gasteiger partial charge in [0.15, 0.2) is 0 Å². The van der Waals surface area contributed by atoms with Gasteiger partial charge in [0, 0.05) is 35.5 Å². The summed E-state index contributed by atoms with van der Waals surface area (Å²) in [5.74, 6) is 0.151. The summed E-state index contributed by atoms with van der Waals surface area (Å²) in [4.78, 5) is 25.8. The fourth-order valence-electron chi connectivity index (χ4n) is 3.97. The highest BCUT2D eigenvalue weighted by atomic mass is 35.5. The number of nitrogens with one attached hydrogen (secondary N) is 3. The van der Waals surface area contributed by atoms with Gasteiger partial charge in [-0.3, -0.25) is 4.79 Å². The van der Waals surface area contributed by atoms with E-state index in [0.29, 0.717) is 23.2 Å². The number of rotatable bonds is 5. The third-order valence-electron chi connectivity index (χ3n) is 5.55. The first kappa shape index (κ1) is 19.2. The summed E-state index contributed by atoms with van der Waals surface area (Å²) in [6.45, 7) is 2.32. The number of likely N-dealkylation sites (tertiary alicyclic amines) is 1.